The van der Waals surface area contributed by atoms with Gasteiger partial charge in [0.25, 0.3) is 5.91 Å². The van der Waals surface area contributed by atoms with Crippen molar-refractivity contribution in [1.82, 2.24) is 4.90 Å². The van der Waals surface area contributed by atoms with E-state index in [1.54, 1.807) is 37.8 Å². The van der Waals surface area contributed by atoms with Crippen molar-refractivity contribution in [2.75, 3.05) is 30.8 Å². The van der Waals surface area contributed by atoms with Crippen molar-refractivity contribution in [2.24, 2.45) is 5.92 Å². The van der Waals surface area contributed by atoms with E-state index in [0.29, 0.717) is 31.6 Å². The minimum Gasteiger partial charge on any atom is -0.455 e. The Kier molecular flexibility index (Phi) is 8.54. The van der Waals surface area contributed by atoms with Gasteiger partial charge < -0.3 is 19.7 Å². The van der Waals surface area contributed by atoms with Crippen LogP contribution >= 0.6 is 11.8 Å². The van der Waals surface area contributed by atoms with Gasteiger partial charge in [-0.05, 0) is 45.7 Å². The molecule has 0 aromatic heterocycles. The Bertz CT molecular complexity index is 808. The van der Waals surface area contributed by atoms with Gasteiger partial charge in [-0.1, -0.05) is 12.1 Å². The molecule has 0 atom stereocenters. The number of para-hydroxylation sites is 1. The second-order valence-corrected chi connectivity index (χ2v) is 8.86. The number of nitrogens with one attached hydrogen (secondary N) is 1. The fourth-order valence-electron chi connectivity index (χ4n) is 2.87. The van der Waals surface area contributed by atoms with Crippen LogP contribution in [0.25, 0.3) is 0 Å². The summed E-state index contributed by atoms with van der Waals surface area (Å²) in [6, 6.07) is 9.17. The van der Waals surface area contributed by atoms with Gasteiger partial charge in [0, 0.05) is 18.0 Å². The quantitative estimate of drug-likeness (QED) is 0.541. The predicted octanol–water partition coefficient (Wildman–Crippen LogP) is 3.43. The normalized spacial score (nSPS) is 14.5. The number of carbonyl (C=O) groups excluding carboxylic acids is 3. The lowest BCUT2D eigenvalue weighted by atomic mass is 9.97. The standard InChI is InChI=1S/C21H27N3O5S/c1-21(2,3)29-20(27)24-11-8-15(9-12-24)19(26)28-14-18(25)23-16-6-4-5-7-17(16)30-13-10-22/h4-7,15H,8-9,11-14H2,1-3H3,(H,23,25). The molecule has 1 fully saturated rings. The van der Waals surface area contributed by atoms with Crippen LogP contribution in [0.4, 0.5) is 10.5 Å². The lowest BCUT2D eigenvalue weighted by Crippen LogP contribution is -2.43. The Hall–Kier alpha value is -2.73. The van der Waals surface area contributed by atoms with E-state index >= 15 is 0 Å². The molecule has 1 aromatic rings. The van der Waals surface area contributed by atoms with Crippen LogP contribution in [-0.2, 0) is 19.1 Å². The highest BCUT2D eigenvalue weighted by molar-refractivity contribution is 7.99. The number of ether oxygens (including phenoxy) is 2. The largest absolute Gasteiger partial charge is 0.455 e. The molecular formula is C21H27N3O5S. The molecule has 0 spiro atoms. The number of esters is 1. The average Bonchev–Trinajstić information content (AvgIpc) is 2.70. The Morgan fingerprint density at radius 3 is 2.53 bits per heavy atom. The molecule has 162 valence electrons. The van der Waals surface area contributed by atoms with Crippen molar-refractivity contribution in [3.63, 3.8) is 0 Å². The van der Waals surface area contributed by atoms with Gasteiger partial charge in [-0.3, -0.25) is 9.59 Å². The first-order chi connectivity index (χ1) is 14.2. The van der Waals surface area contributed by atoms with Gasteiger partial charge in [-0.2, -0.15) is 5.26 Å². The molecule has 2 rings (SSSR count). The molecule has 1 N–H and O–H groups in total. The number of nitriles is 1. The maximum absolute atomic E-state index is 12.3. The number of hydrogen-bond acceptors (Lipinski definition) is 7. The highest BCUT2D eigenvalue weighted by atomic mass is 32.2. The highest BCUT2D eigenvalue weighted by Crippen LogP contribution is 2.26. The van der Waals surface area contributed by atoms with Crippen molar-refractivity contribution >= 4 is 35.4 Å². The molecule has 0 unspecified atom stereocenters. The number of rotatable bonds is 6. The van der Waals surface area contributed by atoms with Crippen molar-refractivity contribution in [1.29, 1.82) is 5.26 Å². The van der Waals surface area contributed by atoms with E-state index in [-0.39, 0.29) is 24.4 Å². The number of carbonyl (C=O) groups is 3. The summed E-state index contributed by atoms with van der Waals surface area (Å²) in [5.74, 6) is -0.972. The molecule has 30 heavy (non-hydrogen) atoms. The highest BCUT2D eigenvalue weighted by Gasteiger charge is 2.31. The summed E-state index contributed by atoms with van der Waals surface area (Å²) in [6.07, 6.45) is 0.544. The van der Waals surface area contributed by atoms with Crippen molar-refractivity contribution in [2.45, 2.75) is 44.1 Å². The van der Waals surface area contributed by atoms with E-state index in [9.17, 15) is 14.4 Å². The number of likely N-dealkylation sites (tertiary alicyclic amines) is 1. The fourth-order valence-corrected chi connectivity index (χ4v) is 3.54. The van der Waals surface area contributed by atoms with Crippen molar-refractivity contribution in [3.05, 3.63) is 24.3 Å². The second-order valence-electron chi connectivity index (χ2n) is 7.84. The van der Waals surface area contributed by atoms with E-state index in [2.05, 4.69) is 5.32 Å². The number of piperidine rings is 1. The maximum atomic E-state index is 12.3. The summed E-state index contributed by atoms with van der Waals surface area (Å²) in [6.45, 7) is 5.85. The minimum absolute atomic E-state index is 0.268. The molecule has 1 aliphatic rings. The van der Waals surface area contributed by atoms with Gasteiger partial charge in [0.2, 0.25) is 0 Å². The van der Waals surface area contributed by atoms with Crippen molar-refractivity contribution in [3.8, 4) is 6.07 Å². The average molecular weight is 434 g/mol. The molecule has 1 aliphatic heterocycles. The number of anilines is 1. The number of hydrogen-bond donors (Lipinski definition) is 1. The zero-order chi connectivity index (χ0) is 22.1. The minimum atomic E-state index is -0.564. The van der Waals surface area contributed by atoms with Gasteiger partial charge >= 0.3 is 12.1 Å². The van der Waals surface area contributed by atoms with Crippen LogP contribution in [-0.4, -0.2) is 53.9 Å². The van der Waals surface area contributed by atoms with Gasteiger partial charge in [0.15, 0.2) is 6.61 Å². The van der Waals surface area contributed by atoms with E-state index in [4.69, 9.17) is 14.7 Å². The lowest BCUT2D eigenvalue weighted by Gasteiger charge is -2.32. The van der Waals surface area contributed by atoms with Crippen LogP contribution in [0.5, 0.6) is 0 Å². The van der Waals surface area contributed by atoms with Gasteiger partial charge in [0.1, 0.15) is 5.60 Å². The molecule has 0 saturated carbocycles. The van der Waals surface area contributed by atoms with Crippen LogP contribution in [0.2, 0.25) is 0 Å². The first-order valence-electron chi connectivity index (χ1n) is 9.73. The summed E-state index contributed by atoms with van der Waals surface area (Å²) in [4.78, 5) is 38.9. The molecule has 0 aliphatic carbocycles. The van der Waals surface area contributed by atoms with Gasteiger partial charge in [0.05, 0.1) is 23.4 Å². The number of benzene rings is 1. The summed E-state index contributed by atoms with van der Waals surface area (Å²) in [5, 5.41) is 11.4. The third-order valence-electron chi connectivity index (χ3n) is 4.28. The third kappa shape index (κ3) is 7.59. The summed E-state index contributed by atoms with van der Waals surface area (Å²) in [7, 11) is 0. The monoisotopic (exact) mass is 433 g/mol. The Labute approximate surface area is 180 Å². The summed E-state index contributed by atoms with van der Waals surface area (Å²) < 4.78 is 10.5. The molecule has 9 heteroatoms. The molecular weight excluding hydrogens is 406 g/mol. The molecule has 2 amide bonds. The molecule has 0 radical (unpaired) electrons. The van der Waals surface area contributed by atoms with Crippen LogP contribution in [0.15, 0.2) is 29.2 Å². The molecule has 1 heterocycles. The van der Waals surface area contributed by atoms with Gasteiger partial charge in [-0.25, -0.2) is 4.79 Å². The summed E-state index contributed by atoms with van der Waals surface area (Å²) >= 11 is 1.32. The van der Waals surface area contributed by atoms with Gasteiger partial charge in [-0.15, -0.1) is 11.8 Å². The van der Waals surface area contributed by atoms with Crippen LogP contribution in [0.3, 0.4) is 0 Å². The van der Waals surface area contributed by atoms with E-state index in [1.165, 1.54) is 11.8 Å². The van der Waals surface area contributed by atoms with Crippen molar-refractivity contribution < 1.29 is 23.9 Å². The third-order valence-corrected chi connectivity index (χ3v) is 5.22. The van der Waals surface area contributed by atoms with Crippen LogP contribution in [0.1, 0.15) is 33.6 Å². The van der Waals surface area contributed by atoms with E-state index in [1.807, 2.05) is 18.2 Å². The smallest absolute Gasteiger partial charge is 0.410 e. The number of nitrogens with zero attached hydrogens (tertiary/aromatic N) is 2. The van der Waals surface area contributed by atoms with E-state index in [0.717, 1.165) is 4.90 Å². The van der Waals surface area contributed by atoms with Crippen LogP contribution in [0, 0.1) is 17.2 Å². The Balaban J connectivity index is 1.77. The zero-order valence-electron chi connectivity index (χ0n) is 17.5. The Morgan fingerprint density at radius 1 is 1.23 bits per heavy atom. The molecule has 0 bridgehead atoms. The lowest BCUT2D eigenvalue weighted by molar-refractivity contribution is -0.153. The summed E-state index contributed by atoms with van der Waals surface area (Å²) in [5.41, 5.74) is 0.0100. The topological polar surface area (TPSA) is 109 Å². The first-order valence-corrected chi connectivity index (χ1v) is 10.7. The number of amides is 2. The molecule has 8 nitrogen and oxygen atoms in total. The molecule has 1 aromatic carbocycles. The SMILES string of the molecule is CC(C)(C)OC(=O)N1CCC(C(=O)OCC(=O)Nc2ccccc2SCC#N)CC1. The Morgan fingerprint density at radius 2 is 1.90 bits per heavy atom. The molecule has 1 saturated heterocycles. The second kappa shape index (κ2) is 10.9. The zero-order valence-corrected chi connectivity index (χ0v) is 18.3. The van der Waals surface area contributed by atoms with Crippen LogP contribution < -0.4 is 5.32 Å². The first kappa shape index (κ1) is 23.5. The predicted molar refractivity (Wildman–Crippen MR) is 113 cm³/mol. The maximum Gasteiger partial charge on any atom is 0.410 e. The van der Waals surface area contributed by atoms with E-state index < -0.39 is 17.5 Å². The number of thioether (sulfide) groups is 1. The fraction of sp³-hybridized carbons (Fsp3) is 0.524.